The summed E-state index contributed by atoms with van der Waals surface area (Å²) < 4.78 is 55.5. The maximum Gasteiger partial charge on any atom is 0.419 e. The lowest BCUT2D eigenvalue weighted by Gasteiger charge is -2.09. The normalized spacial score (nSPS) is 11.3. The number of ether oxygens (including phenoxy) is 1. The van der Waals surface area contributed by atoms with Gasteiger partial charge in [-0.15, -0.1) is 0 Å². The van der Waals surface area contributed by atoms with Crippen molar-refractivity contribution in [1.82, 2.24) is 4.98 Å². The van der Waals surface area contributed by atoms with Crippen molar-refractivity contribution in [2.24, 2.45) is 0 Å². The predicted molar refractivity (Wildman–Crippen MR) is 69.8 cm³/mol. The van der Waals surface area contributed by atoms with Crippen molar-refractivity contribution < 1.29 is 27.1 Å². The molecule has 1 aromatic heterocycles. The second-order valence-electron chi connectivity index (χ2n) is 4.52. The molecule has 116 valence electrons. The number of esters is 1. The van der Waals surface area contributed by atoms with Crippen molar-refractivity contribution in [3.8, 4) is 0 Å². The largest absolute Gasteiger partial charge is 0.465 e. The van der Waals surface area contributed by atoms with Crippen LogP contribution < -0.4 is 0 Å². The van der Waals surface area contributed by atoms with Crippen molar-refractivity contribution in [2.45, 2.75) is 12.6 Å². The first-order valence-corrected chi connectivity index (χ1v) is 6.20. The first kappa shape index (κ1) is 15.9. The van der Waals surface area contributed by atoms with Gasteiger partial charge in [0.05, 0.1) is 18.2 Å². The molecule has 22 heavy (non-hydrogen) atoms. The van der Waals surface area contributed by atoms with Gasteiger partial charge in [0.25, 0.3) is 0 Å². The Morgan fingerprint density at radius 3 is 2.55 bits per heavy atom. The van der Waals surface area contributed by atoms with E-state index < -0.39 is 23.5 Å². The number of carbonyl (C=O) groups excluding carboxylic acids is 1. The number of alkyl halides is 3. The summed E-state index contributed by atoms with van der Waals surface area (Å²) >= 11 is 0. The third kappa shape index (κ3) is 3.60. The fourth-order valence-electron chi connectivity index (χ4n) is 1.93. The average molecular weight is 313 g/mol. The number of halogens is 4. The van der Waals surface area contributed by atoms with Crippen molar-refractivity contribution in [3.63, 3.8) is 0 Å². The van der Waals surface area contributed by atoms with Gasteiger partial charge in [0.2, 0.25) is 0 Å². The highest BCUT2D eigenvalue weighted by Gasteiger charge is 2.33. The first-order chi connectivity index (χ1) is 10.3. The molecule has 0 unspecified atom stereocenters. The third-order valence-electron chi connectivity index (χ3n) is 2.96. The lowest BCUT2D eigenvalue weighted by Crippen LogP contribution is -2.08. The van der Waals surface area contributed by atoms with Crippen LogP contribution in [0.15, 0.2) is 36.5 Å². The fourth-order valence-corrected chi connectivity index (χ4v) is 1.93. The van der Waals surface area contributed by atoms with E-state index in [2.05, 4.69) is 9.72 Å². The smallest absolute Gasteiger partial charge is 0.419 e. The van der Waals surface area contributed by atoms with E-state index in [0.29, 0.717) is 17.3 Å². The van der Waals surface area contributed by atoms with Gasteiger partial charge in [-0.3, -0.25) is 4.98 Å². The predicted octanol–water partition coefficient (Wildman–Crippen LogP) is 3.62. The van der Waals surface area contributed by atoms with Crippen LogP contribution in [-0.2, 0) is 17.3 Å². The lowest BCUT2D eigenvalue weighted by atomic mass is 10.0. The van der Waals surface area contributed by atoms with Gasteiger partial charge in [-0.2, -0.15) is 13.2 Å². The van der Waals surface area contributed by atoms with Gasteiger partial charge >= 0.3 is 12.1 Å². The zero-order valence-electron chi connectivity index (χ0n) is 11.4. The van der Waals surface area contributed by atoms with Crippen LogP contribution in [-0.4, -0.2) is 18.1 Å². The highest BCUT2D eigenvalue weighted by Crippen LogP contribution is 2.31. The molecule has 0 fully saturated rings. The minimum Gasteiger partial charge on any atom is -0.465 e. The van der Waals surface area contributed by atoms with Crippen molar-refractivity contribution >= 4 is 5.97 Å². The Bertz CT molecular complexity index is 698. The Balaban J connectivity index is 2.25. The molecule has 3 nitrogen and oxygen atoms in total. The van der Waals surface area contributed by atoms with Crippen LogP contribution in [0.2, 0.25) is 0 Å². The fraction of sp³-hybridized carbons (Fsp3) is 0.200. The van der Waals surface area contributed by atoms with Gasteiger partial charge in [0.1, 0.15) is 5.82 Å². The van der Waals surface area contributed by atoms with E-state index in [-0.39, 0.29) is 12.0 Å². The standard InChI is InChI=1S/C15H11F4NO2/c1-22-14(21)10-4-5-20-11(8-10)6-9-2-3-12(13(16)7-9)15(17,18)19/h2-5,7-8H,6H2,1H3. The molecule has 0 aliphatic rings. The molecule has 0 aliphatic heterocycles. The highest BCUT2D eigenvalue weighted by atomic mass is 19.4. The van der Waals surface area contributed by atoms with Gasteiger partial charge in [-0.1, -0.05) is 6.07 Å². The lowest BCUT2D eigenvalue weighted by molar-refractivity contribution is -0.140. The summed E-state index contributed by atoms with van der Waals surface area (Å²) in [6.45, 7) is 0. The number of hydrogen-bond donors (Lipinski definition) is 0. The summed E-state index contributed by atoms with van der Waals surface area (Å²) in [5.74, 6) is -1.89. The van der Waals surface area contributed by atoms with Gasteiger partial charge in [0.15, 0.2) is 0 Å². The minimum atomic E-state index is -4.73. The molecule has 2 rings (SSSR count). The van der Waals surface area contributed by atoms with E-state index in [1.54, 1.807) is 0 Å². The quantitative estimate of drug-likeness (QED) is 0.642. The molecule has 0 spiro atoms. The van der Waals surface area contributed by atoms with Crippen LogP contribution in [0.25, 0.3) is 0 Å². The molecule has 0 amide bonds. The molecule has 0 N–H and O–H groups in total. The second kappa shape index (κ2) is 6.13. The van der Waals surface area contributed by atoms with Gasteiger partial charge in [-0.25, -0.2) is 9.18 Å². The third-order valence-corrected chi connectivity index (χ3v) is 2.96. The van der Waals surface area contributed by atoms with Crippen LogP contribution in [0.1, 0.15) is 27.2 Å². The number of hydrogen-bond acceptors (Lipinski definition) is 3. The number of rotatable bonds is 3. The molecule has 7 heteroatoms. The maximum absolute atomic E-state index is 13.5. The summed E-state index contributed by atoms with van der Waals surface area (Å²) in [6, 6.07) is 5.58. The summed E-state index contributed by atoms with van der Waals surface area (Å²) in [4.78, 5) is 15.4. The van der Waals surface area contributed by atoms with E-state index in [9.17, 15) is 22.4 Å². The molecule has 0 saturated heterocycles. The summed E-state index contributed by atoms with van der Waals surface area (Å²) in [5.41, 5.74) is -0.311. The molecular formula is C15H11F4NO2. The second-order valence-corrected chi connectivity index (χ2v) is 4.52. The zero-order chi connectivity index (χ0) is 16.3. The Morgan fingerprint density at radius 1 is 1.23 bits per heavy atom. The van der Waals surface area contributed by atoms with E-state index in [4.69, 9.17) is 0 Å². The SMILES string of the molecule is COC(=O)c1ccnc(Cc2ccc(C(F)(F)F)c(F)c2)c1. The van der Waals surface area contributed by atoms with Crippen LogP contribution in [0, 0.1) is 5.82 Å². The molecular weight excluding hydrogens is 302 g/mol. The average Bonchev–Trinajstić information content (AvgIpc) is 2.45. The molecule has 1 heterocycles. The number of methoxy groups -OCH3 is 1. The Labute approximate surface area is 123 Å². The molecule has 2 aromatic rings. The number of aromatic nitrogens is 1. The summed E-state index contributed by atoms with van der Waals surface area (Å²) in [7, 11) is 1.23. The molecule has 0 saturated carbocycles. The number of carbonyl (C=O) groups is 1. The minimum absolute atomic E-state index is 0.0971. The maximum atomic E-state index is 13.5. The van der Waals surface area contributed by atoms with E-state index in [1.165, 1.54) is 31.5 Å². The molecule has 0 radical (unpaired) electrons. The van der Waals surface area contributed by atoms with Crippen LogP contribution in [0.5, 0.6) is 0 Å². The number of nitrogens with zero attached hydrogens (tertiary/aromatic N) is 1. The Kier molecular flexibility index (Phi) is 4.44. The molecule has 1 aromatic carbocycles. The topological polar surface area (TPSA) is 39.2 Å². The van der Waals surface area contributed by atoms with Gasteiger partial charge < -0.3 is 4.74 Å². The van der Waals surface area contributed by atoms with Crippen LogP contribution in [0.3, 0.4) is 0 Å². The highest BCUT2D eigenvalue weighted by molar-refractivity contribution is 5.89. The van der Waals surface area contributed by atoms with E-state index in [0.717, 1.165) is 6.07 Å². The number of benzene rings is 1. The van der Waals surface area contributed by atoms with Crippen molar-refractivity contribution in [2.75, 3.05) is 7.11 Å². The molecule has 0 atom stereocenters. The van der Waals surface area contributed by atoms with Crippen molar-refractivity contribution in [1.29, 1.82) is 0 Å². The van der Waals surface area contributed by atoms with Crippen LogP contribution in [0.4, 0.5) is 17.6 Å². The first-order valence-electron chi connectivity index (χ1n) is 6.20. The van der Waals surface area contributed by atoms with Gasteiger partial charge in [0, 0.05) is 18.3 Å². The van der Waals surface area contributed by atoms with Gasteiger partial charge in [-0.05, 0) is 29.8 Å². The van der Waals surface area contributed by atoms with Crippen molar-refractivity contribution in [3.05, 3.63) is 64.7 Å². The monoisotopic (exact) mass is 313 g/mol. The number of pyridine rings is 1. The summed E-state index contributed by atoms with van der Waals surface area (Å²) in [6.07, 6.45) is -3.26. The Morgan fingerprint density at radius 2 is 1.95 bits per heavy atom. The molecule has 0 aliphatic carbocycles. The van der Waals surface area contributed by atoms with E-state index in [1.807, 2.05) is 0 Å². The summed E-state index contributed by atoms with van der Waals surface area (Å²) in [5, 5.41) is 0. The zero-order valence-corrected chi connectivity index (χ0v) is 11.4. The Hall–Kier alpha value is -2.44. The van der Waals surface area contributed by atoms with E-state index >= 15 is 0 Å². The van der Waals surface area contributed by atoms with Crippen LogP contribution >= 0.6 is 0 Å². The molecule has 0 bridgehead atoms.